The summed E-state index contributed by atoms with van der Waals surface area (Å²) >= 11 is 0. The molecule has 21 heavy (non-hydrogen) atoms. The fraction of sp³-hybridized carbons (Fsp3) is 0.562. The number of nitrogens with one attached hydrogen (secondary N) is 1. The lowest BCUT2D eigenvalue weighted by Crippen LogP contribution is -2.47. The summed E-state index contributed by atoms with van der Waals surface area (Å²) < 4.78 is 5.11. The van der Waals surface area contributed by atoms with E-state index in [1.54, 1.807) is 20.8 Å². The zero-order valence-electron chi connectivity index (χ0n) is 12.9. The smallest absolute Gasteiger partial charge is 0.408 e. The van der Waals surface area contributed by atoms with Gasteiger partial charge in [-0.1, -0.05) is 30.3 Å². The fourth-order valence-electron chi connectivity index (χ4n) is 1.88. The highest BCUT2D eigenvalue weighted by molar-refractivity contribution is 5.68. The lowest BCUT2D eigenvalue weighted by atomic mass is 10.0. The third-order valence-electron chi connectivity index (χ3n) is 2.93. The van der Waals surface area contributed by atoms with E-state index in [2.05, 4.69) is 5.32 Å². The molecule has 0 heterocycles. The van der Waals surface area contributed by atoms with Crippen molar-refractivity contribution in [3.63, 3.8) is 0 Å². The third kappa shape index (κ3) is 7.11. The van der Waals surface area contributed by atoms with Crippen LogP contribution in [0.25, 0.3) is 0 Å². The second kappa shape index (κ2) is 8.00. The van der Waals surface area contributed by atoms with Gasteiger partial charge in [-0.25, -0.2) is 4.79 Å². The Morgan fingerprint density at radius 1 is 1.29 bits per heavy atom. The van der Waals surface area contributed by atoms with Gasteiger partial charge in [0.15, 0.2) is 0 Å². The van der Waals surface area contributed by atoms with Crippen LogP contribution in [0.3, 0.4) is 0 Å². The molecule has 0 unspecified atom stereocenters. The van der Waals surface area contributed by atoms with Gasteiger partial charge in [-0.15, -0.1) is 0 Å². The highest BCUT2D eigenvalue weighted by Gasteiger charge is 2.23. The van der Waals surface area contributed by atoms with Crippen LogP contribution < -0.4 is 5.32 Å². The standard InChI is InChI=1S/C16H25NO4/c1-16(2,3)21-15(20)17-13(11-18)14(19)10-9-12-7-5-4-6-8-12/h4-8,13-14,18-19H,9-11H2,1-3H3,(H,17,20)/t13-,14-/m0/s1. The molecule has 0 spiro atoms. The molecule has 118 valence electrons. The maximum Gasteiger partial charge on any atom is 0.408 e. The van der Waals surface area contributed by atoms with Crippen molar-refractivity contribution >= 4 is 6.09 Å². The first-order valence-corrected chi connectivity index (χ1v) is 7.14. The molecule has 0 radical (unpaired) electrons. The zero-order chi connectivity index (χ0) is 15.9. The first-order chi connectivity index (χ1) is 9.81. The molecule has 0 fully saturated rings. The van der Waals surface area contributed by atoms with E-state index in [0.29, 0.717) is 12.8 Å². The predicted molar refractivity (Wildman–Crippen MR) is 81.0 cm³/mol. The van der Waals surface area contributed by atoms with E-state index in [-0.39, 0.29) is 6.61 Å². The summed E-state index contributed by atoms with van der Waals surface area (Å²) in [5, 5.41) is 21.9. The molecule has 5 heteroatoms. The van der Waals surface area contributed by atoms with Crippen LogP contribution in [0.5, 0.6) is 0 Å². The Morgan fingerprint density at radius 2 is 1.90 bits per heavy atom. The summed E-state index contributed by atoms with van der Waals surface area (Å²) in [6.45, 7) is 4.93. The van der Waals surface area contributed by atoms with E-state index < -0.39 is 23.8 Å². The summed E-state index contributed by atoms with van der Waals surface area (Å²) in [7, 11) is 0. The molecule has 1 aromatic rings. The van der Waals surface area contributed by atoms with Gasteiger partial charge in [0.25, 0.3) is 0 Å². The molecular weight excluding hydrogens is 270 g/mol. The zero-order valence-corrected chi connectivity index (χ0v) is 12.9. The van der Waals surface area contributed by atoms with Gasteiger partial charge in [-0.05, 0) is 39.2 Å². The highest BCUT2D eigenvalue weighted by Crippen LogP contribution is 2.10. The Morgan fingerprint density at radius 3 is 2.43 bits per heavy atom. The van der Waals surface area contributed by atoms with Gasteiger partial charge in [0, 0.05) is 0 Å². The molecule has 3 N–H and O–H groups in total. The van der Waals surface area contributed by atoms with Crippen LogP contribution in [0.15, 0.2) is 30.3 Å². The van der Waals surface area contributed by atoms with E-state index in [1.165, 1.54) is 0 Å². The molecule has 0 aromatic heterocycles. The van der Waals surface area contributed by atoms with E-state index >= 15 is 0 Å². The largest absolute Gasteiger partial charge is 0.444 e. The average molecular weight is 295 g/mol. The van der Waals surface area contributed by atoms with Gasteiger partial charge < -0.3 is 20.3 Å². The molecule has 5 nitrogen and oxygen atoms in total. The van der Waals surface area contributed by atoms with Crippen molar-refractivity contribution in [3.05, 3.63) is 35.9 Å². The average Bonchev–Trinajstić information content (AvgIpc) is 2.41. The Labute approximate surface area is 125 Å². The summed E-state index contributed by atoms with van der Waals surface area (Å²) in [6, 6.07) is 9.02. The second-order valence-corrected chi connectivity index (χ2v) is 6.03. The van der Waals surface area contributed by atoms with Crippen molar-refractivity contribution in [1.82, 2.24) is 5.32 Å². The van der Waals surface area contributed by atoms with Crippen molar-refractivity contribution in [2.24, 2.45) is 0 Å². The third-order valence-corrected chi connectivity index (χ3v) is 2.93. The molecular formula is C16H25NO4. The number of ether oxygens (including phenoxy) is 1. The van der Waals surface area contributed by atoms with Crippen LogP contribution in [0, 0.1) is 0 Å². The van der Waals surface area contributed by atoms with Crippen molar-refractivity contribution in [2.45, 2.75) is 51.4 Å². The maximum absolute atomic E-state index is 11.7. The van der Waals surface area contributed by atoms with Crippen LogP contribution in [0.4, 0.5) is 4.79 Å². The minimum Gasteiger partial charge on any atom is -0.444 e. The number of aliphatic hydroxyl groups is 2. The van der Waals surface area contributed by atoms with Crippen molar-refractivity contribution < 1.29 is 19.7 Å². The fourth-order valence-corrected chi connectivity index (χ4v) is 1.88. The first kappa shape index (κ1) is 17.5. The lowest BCUT2D eigenvalue weighted by molar-refractivity contribution is 0.0338. The van der Waals surface area contributed by atoms with Gasteiger partial charge >= 0.3 is 6.09 Å². The number of hydrogen-bond acceptors (Lipinski definition) is 4. The van der Waals surface area contributed by atoms with E-state index in [0.717, 1.165) is 5.56 Å². The molecule has 0 aliphatic carbocycles. The number of aliphatic hydroxyl groups excluding tert-OH is 2. The maximum atomic E-state index is 11.7. The number of carbonyl (C=O) groups is 1. The topological polar surface area (TPSA) is 78.8 Å². The number of benzene rings is 1. The molecule has 1 aromatic carbocycles. The Balaban J connectivity index is 2.45. The first-order valence-electron chi connectivity index (χ1n) is 7.14. The van der Waals surface area contributed by atoms with Gasteiger partial charge in [0.2, 0.25) is 0 Å². The summed E-state index contributed by atoms with van der Waals surface area (Å²) in [4.78, 5) is 11.7. The van der Waals surface area contributed by atoms with Crippen LogP contribution >= 0.6 is 0 Å². The van der Waals surface area contributed by atoms with Gasteiger partial charge in [-0.3, -0.25) is 0 Å². The van der Waals surface area contributed by atoms with Gasteiger partial charge in [-0.2, -0.15) is 0 Å². The quantitative estimate of drug-likeness (QED) is 0.748. The summed E-state index contributed by atoms with van der Waals surface area (Å²) in [5.74, 6) is 0. The number of rotatable bonds is 6. The Hall–Kier alpha value is -1.59. The molecule has 0 aliphatic heterocycles. The van der Waals surface area contributed by atoms with Crippen LogP contribution in [-0.4, -0.2) is 40.7 Å². The number of aryl methyl sites for hydroxylation is 1. The number of alkyl carbamates (subject to hydrolysis) is 1. The molecule has 0 aliphatic rings. The van der Waals surface area contributed by atoms with E-state index in [1.807, 2.05) is 30.3 Å². The van der Waals surface area contributed by atoms with Gasteiger partial charge in [0.1, 0.15) is 5.60 Å². The van der Waals surface area contributed by atoms with Crippen LogP contribution in [-0.2, 0) is 11.2 Å². The SMILES string of the molecule is CC(C)(C)OC(=O)N[C@@H](CO)[C@@H](O)CCc1ccccc1. The van der Waals surface area contributed by atoms with Crippen molar-refractivity contribution in [1.29, 1.82) is 0 Å². The van der Waals surface area contributed by atoms with Crippen molar-refractivity contribution in [3.8, 4) is 0 Å². The normalized spacial score (nSPS) is 14.3. The minimum absolute atomic E-state index is 0.338. The highest BCUT2D eigenvalue weighted by atomic mass is 16.6. The van der Waals surface area contributed by atoms with Crippen LogP contribution in [0.2, 0.25) is 0 Å². The number of amides is 1. The molecule has 0 bridgehead atoms. The van der Waals surface area contributed by atoms with E-state index in [9.17, 15) is 15.0 Å². The molecule has 0 saturated heterocycles. The van der Waals surface area contributed by atoms with Crippen molar-refractivity contribution in [2.75, 3.05) is 6.61 Å². The predicted octanol–water partition coefficient (Wildman–Crippen LogP) is 1.87. The monoisotopic (exact) mass is 295 g/mol. The van der Waals surface area contributed by atoms with E-state index in [4.69, 9.17) is 4.74 Å². The lowest BCUT2D eigenvalue weighted by Gasteiger charge is -2.25. The summed E-state index contributed by atoms with van der Waals surface area (Å²) in [5.41, 5.74) is 0.490. The molecule has 1 rings (SSSR count). The Bertz CT molecular complexity index is 428. The molecule has 1 amide bonds. The second-order valence-electron chi connectivity index (χ2n) is 6.03. The molecule has 0 saturated carbocycles. The summed E-state index contributed by atoms with van der Waals surface area (Å²) in [6.07, 6.45) is -0.345. The Kier molecular flexibility index (Phi) is 6.65. The van der Waals surface area contributed by atoms with Crippen LogP contribution in [0.1, 0.15) is 32.8 Å². The minimum atomic E-state index is -0.831. The number of hydrogen-bond donors (Lipinski definition) is 3. The van der Waals surface area contributed by atoms with Gasteiger partial charge in [0.05, 0.1) is 18.8 Å². The molecule has 2 atom stereocenters. The number of carbonyl (C=O) groups excluding carboxylic acids is 1.